The number of rotatable bonds is 4. The summed E-state index contributed by atoms with van der Waals surface area (Å²) in [7, 11) is -1.89. The Morgan fingerprint density at radius 1 is 1.26 bits per heavy atom. The summed E-state index contributed by atoms with van der Waals surface area (Å²) >= 11 is 3.21. The Morgan fingerprint density at radius 3 is 2.65 bits per heavy atom. The van der Waals surface area contributed by atoms with E-state index in [2.05, 4.69) is 36.2 Å². The molecule has 1 aromatic carbocycles. The molecule has 1 aromatic heterocycles. The average Bonchev–Trinajstić information content (AvgIpc) is 2.54. The van der Waals surface area contributed by atoms with Gasteiger partial charge in [-0.25, -0.2) is 9.00 Å². The Labute approximate surface area is 142 Å². The average molecular weight is 397 g/mol. The maximum Gasteiger partial charge on any atom is 0.337 e. The third-order valence-electron chi connectivity index (χ3n) is 2.86. The van der Waals surface area contributed by atoms with Gasteiger partial charge in [-0.1, -0.05) is 6.07 Å². The van der Waals surface area contributed by atoms with Gasteiger partial charge in [-0.15, -0.1) is 0 Å². The first-order valence-corrected chi connectivity index (χ1v) is 8.84. The predicted molar refractivity (Wildman–Crippen MR) is 90.7 cm³/mol. The van der Waals surface area contributed by atoms with Crippen molar-refractivity contribution in [3.8, 4) is 0 Å². The van der Waals surface area contributed by atoms with Crippen molar-refractivity contribution in [2.75, 3.05) is 7.11 Å². The topological polar surface area (TPSA) is 85.4 Å². The summed E-state index contributed by atoms with van der Waals surface area (Å²) in [5.41, 5.74) is 0.458. The molecule has 2 aromatic rings. The fraction of sp³-hybridized carbons (Fsp3) is 0.0667. The van der Waals surface area contributed by atoms with E-state index in [1.807, 2.05) is 0 Å². The van der Waals surface area contributed by atoms with Crippen LogP contribution in [-0.2, 0) is 14.4 Å². The summed E-state index contributed by atoms with van der Waals surface area (Å²) in [6.45, 7) is 0. The smallest absolute Gasteiger partial charge is 0.337 e. The molecule has 1 amide bonds. The van der Waals surface area contributed by atoms with Gasteiger partial charge in [-0.3, -0.25) is 14.5 Å². The van der Waals surface area contributed by atoms with Crippen molar-refractivity contribution in [2.45, 2.75) is 4.90 Å². The lowest BCUT2D eigenvalue weighted by Crippen LogP contribution is -2.30. The Morgan fingerprint density at radius 2 is 2.00 bits per heavy atom. The van der Waals surface area contributed by atoms with Crippen LogP contribution in [-0.4, -0.2) is 34.0 Å². The summed E-state index contributed by atoms with van der Waals surface area (Å²) in [5.74, 6) is 2.42. The number of benzene rings is 1. The number of nitrogens with one attached hydrogen (secondary N) is 1. The Kier molecular flexibility index (Phi) is 5.17. The Bertz CT molecular complexity index is 865. The lowest BCUT2D eigenvalue weighted by molar-refractivity contribution is 0.0600. The minimum Gasteiger partial charge on any atom is -0.465 e. The van der Waals surface area contributed by atoms with Crippen LogP contribution >= 0.6 is 15.9 Å². The molecule has 2 rings (SSSR count). The van der Waals surface area contributed by atoms with Gasteiger partial charge >= 0.3 is 5.97 Å². The predicted octanol–water partition coefficient (Wildman–Crippen LogP) is 2.05. The van der Waals surface area contributed by atoms with Gasteiger partial charge < -0.3 is 4.74 Å². The normalized spacial score (nSPS) is 13.0. The summed E-state index contributed by atoms with van der Waals surface area (Å²) in [4.78, 5) is 27.8. The number of esters is 1. The van der Waals surface area contributed by atoms with Crippen molar-refractivity contribution in [2.24, 2.45) is 0 Å². The highest BCUT2D eigenvalue weighted by Gasteiger charge is 2.16. The molecule has 120 valence electrons. The van der Waals surface area contributed by atoms with Gasteiger partial charge in [0, 0.05) is 16.9 Å². The molecule has 1 N–H and O–H groups in total. The van der Waals surface area contributed by atoms with Gasteiger partial charge in [0.05, 0.1) is 32.8 Å². The second kappa shape index (κ2) is 6.93. The number of aromatic nitrogens is 1. The number of carbonyl (C=O) groups excluding carboxylic acids is 2. The molecule has 1 unspecified atom stereocenters. The van der Waals surface area contributed by atoms with E-state index in [9.17, 15) is 13.8 Å². The van der Waals surface area contributed by atoms with Crippen molar-refractivity contribution < 1.29 is 18.5 Å². The van der Waals surface area contributed by atoms with Crippen molar-refractivity contribution in [1.82, 2.24) is 9.71 Å². The second-order valence-electron chi connectivity index (χ2n) is 4.52. The molecule has 0 saturated heterocycles. The Balaban J connectivity index is 2.29. The lowest BCUT2D eigenvalue weighted by Gasteiger charge is -2.12. The third-order valence-corrected chi connectivity index (χ3v) is 4.82. The largest absolute Gasteiger partial charge is 0.465 e. The molecule has 1 heterocycles. The van der Waals surface area contributed by atoms with Crippen LogP contribution in [0, 0.1) is 0 Å². The third kappa shape index (κ3) is 4.17. The zero-order valence-corrected chi connectivity index (χ0v) is 14.5. The van der Waals surface area contributed by atoms with Gasteiger partial charge in [0.2, 0.25) is 0 Å². The van der Waals surface area contributed by atoms with Crippen molar-refractivity contribution >= 4 is 43.4 Å². The van der Waals surface area contributed by atoms with Gasteiger partial charge in [-0.05, 0) is 46.1 Å². The fourth-order valence-electron chi connectivity index (χ4n) is 1.75. The molecule has 0 aliphatic rings. The molecular formula is C15H13BrN2O4S. The van der Waals surface area contributed by atoms with E-state index >= 15 is 0 Å². The SMILES string of the molecule is C=S(=O)(NC(=O)c1cncc(Br)c1)c1cccc(C(=O)OC)c1. The molecule has 0 saturated carbocycles. The molecule has 0 radical (unpaired) electrons. The van der Waals surface area contributed by atoms with Crippen molar-refractivity contribution in [1.29, 1.82) is 0 Å². The number of nitrogens with zero attached hydrogens (tertiary/aromatic N) is 1. The molecule has 1 atom stereocenters. The first kappa shape index (κ1) is 17.2. The maximum atomic E-state index is 12.7. The van der Waals surface area contributed by atoms with Crippen LogP contribution in [0.25, 0.3) is 0 Å². The zero-order valence-electron chi connectivity index (χ0n) is 12.1. The number of hydrogen-bond acceptors (Lipinski definition) is 5. The highest BCUT2D eigenvalue weighted by Crippen LogP contribution is 2.14. The second-order valence-corrected chi connectivity index (χ2v) is 7.46. The van der Waals surface area contributed by atoms with Crippen molar-refractivity contribution in [3.05, 3.63) is 58.3 Å². The molecule has 0 aliphatic carbocycles. The van der Waals surface area contributed by atoms with Gasteiger partial charge in [0.15, 0.2) is 0 Å². The van der Waals surface area contributed by atoms with E-state index in [1.165, 1.54) is 37.7 Å². The summed E-state index contributed by atoms with van der Waals surface area (Å²) in [6, 6.07) is 7.49. The van der Waals surface area contributed by atoms with Gasteiger partial charge in [-0.2, -0.15) is 0 Å². The number of hydrogen-bond donors (Lipinski definition) is 1. The van der Waals surface area contributed by atoms with Crippen LogP contribution in [0.15, 0.2) is 52.1 Å². The van der Waals surface area contributed by atoms with E-state index in [0.29, 0.717) is 4.47 Å². The maximum absolute atomic E-state index is 12.7. The number of pyridine rings is 1. The fourth-order valence-corrected chi connectivity index (χ4v) is 3.27. The Hall–Kier alpha value is -2.19. The number of methoxy groups -OCH3 is 1. The van der Waals surface area contributed by atoms with Crippen molar-refractivity contribution in [3.63, 3.8) is 0 Å². The summed E-state index contributed by atoms with van der Waals surface area (Å²) in [5, 5.41) is 0. The molecule has 0 fully saturated rings. The number of ether oxygens (including phenoxy) is 1. The first-order valence-electron chi connectivity index (χ1n) is 6.32. The molecule has 8 heteroatoms. The highest BCUT2D eigenvalue weighted by atomic mass is 79.9. The molecule has 0 spiro atoms. The van der Waals surface area contributed by atoms with E-state index in [-0.39, 0.29) is 16.0 Å². The van der Waals surface area contributed by atoms with E-state index in [1.54, 1.807) is 12.1 Å². The number of halogens is 1. The zero-order chi connectivity index (χ0) is 17.0. The lowest BCUT2D eigenvalue weighted by atomic mass is 10.2. The molecule has 6 nitrogen and oxygen atoms in total. The van der Waals surface area contributed by atoms with E-state index in [4.69, 9.17) is 0 Å². The molecule has 0 aliphatic heterocycles. The standard InChI is InChI=1S/C15H13BrN2O4S/c1-22-15(20)10-4-3-5-13(7-10)23(2,21)18-14(19)11-6-12(16)9-17-8-11/h3-9H,2H2,1H3,(H,18,19,21). The molecule has 23 heavy (non-hydrogen) atoms. The van der Waals surface area contributed by atoms with Crippen LogP contribution in [0.4, 0.5) is 0 Å². The molecular weight excluding hydrogens is 384 g/mol. The van der Waals surface area contributed by atoms with Crippen LogP contribution in [0.1, 0.15) is 20.7 Å². The van der Waals surface area contributed by atoms with E-state index < -0.39 is 21.6 Å². The summed E-state index contributed by atoms with van der Waals surface area (Å²) < 4.78 is 20.3. The number of carbonyl (C=O) groups is 2. The number of amides is 1. The monoisotopic (exact) mass is 396 g/mol. The van der Waals surface area contributed by atoms with Crippen LogP contribution in [0.3, 0.4) is 0 Å². The minimum atomic E-state index is -3.14. The van der Waals surface area contributed by atoms with Crippen LogP contribution in [0.5, 0.6) is 0 Å². The molecule has 0 bridgehead atoms. The van der Waals surface area contributed by atoms with Gasteiger partial charge in [0.1, 0.15) is 0 Å². The van der Waals surface area contributed by atoms with Gasteiger partial charge in [0.25, 0.3) is 5.91 Å². The van der Waals surface area contributed by atoms with Crippen LogP contribution in [0.2, 0.25) is 0 Å². The van der Waals surface area contributed by atoms with E-state index in [0.717, 1.165) is 0 Å². The highest BCUT2D eigenvalue weighted by molar-refractivity contribution is 9.10. The first-order chi connectivity index (χ1) is 10.8. The minimum absolute atomic E-state index is 0.219. The summed E-state index contributed by atoms with van der Waals surface area (Å²) in [6.07, 6.45) is 2.87. The quantitative estimate of drug-likeness (QED) is 0.631. The van der Waals surface area contributed by atoms with Crippen LogP contribution < -0.4 is 4.72 Å².